The van der Waals surface area contributed by atoms with Crippen LogP contribution >= 0.6 is 0 Å². The molecule has 0 radical (unpaired) electrons. The summed E-state index contributed by atoms with van der Waals surface area (Å²) in [5.41, 5.74) is 3.03. The average Bonchev–Trinajstić information content (AvgIpc) is 2.70. The van der Waals surface area contributed by atoms with E-state index in [1.54, 1.807) is 7.11 Å². The molecule has 30 heavy (non-hydrogen) atoms. The molecule has 0 amide bonds. The highest BCUT2D eigenvalue weighted by Crippen LogP contribution is 2.44. The molecule has 1 fully saturated rings. The van der Waals surface area contributed by atoms with Gasteiger partial charge in [0, 0.05) is 23.0 Å². The number of benzene rings is 2. The highest BCUT2D eigenvalue weighted by atomic mass is 32.2. The molecule has 0 heterocycles. The second-order valence-corrected chi connectivity index (χ2v) is 11.7. The van der Waals surface area contributed by atoms with E-state index in [0.717, 1.165) is 53.0 Å². The van der Waals surface area contributed by atoms with Gasteiger partial charge in [-0.25, -0.2) is 0 Å². The number of para-hydroxylation sites is 1. The zero-order chi connectivity index (χ0) is 21.9. The van der Waals surface area contributed by atoms with Crippen molar-refractivity contribution >= 4 is 10.8 Å². The van der Waals surface area contributed by atoms with Gasteiger partial charge >= 0.3 is 0 Å². The first-order chi connectivity index (χ1) is 14.2. The van der Waals surface area contributed by atoms with Gasteiger partial charge in [0.1, 0.15) is 11.5 Å². The maximum absolute atomic E-state index is 14.0. The lowest BCUT2D eigenvalue weighted by Crippen LogP contribution is -2.33. The molecular formula is C26H36O3S. The maximum Gasteiger partial charge on any atom is 0.149 e. The summed E-state index contributed by atoms with van der Waals surface area (Å²) in [5.74, 6) is 1.53. The Morgan fingerprint density at radius 2 is 1.70 bits per heavy atom. The van der Waals surface area contributed by atoms with Gasteiger partial charge in [0.05, 0.1) is 22.3 Å². The summed E-state index contributed by atoms with van der Waals surface area (Å²) in [6.45, 7) is 11.2. The van der Waals surface area contributed by atoms with Crippen LogP contribution in [0.4, 0.5) is 0 Å². The quantitative estimate of drug-likeness (QED) is 0.494. The van der Waals surface area contributed by atoms with Crippen LogP contribution in [0.5, 0.6) is 11.5 Å². The Bertz CT molecular complexity index is 905. The number of ether oxygens (including phenoxy) is 2. The molecule has 0 spiro atoms. The predicted octanol–water partition coefficient (Wildman–Crippen LogP) is 7.06. The van der Waals surface area contributed by atoms with E-state index in [2.05, 4.69) is 39.8 Å². The maximum atomic E-state index is 14.0. The van der Waals surface area contributed by atoms with E-state index >= 15 is 0 Å². The molecule has 1 unspecified atom stereocenters. The second kappa shape index (κ2) is 9.23. The fourth-order valence-electron chi connectivity index (χ4n) is 4.33. The molecule has 0 bridgehead atoms. The first-order valence-corrected chi connectivity index (χ1v) is 12.1. The van der Waals surface area contributed by atoms with Crippen molar-refractivity contribution < 1.29 is 13.7 Å². The van der Waals surface area contributed by atoms with Crippen LogP contribution < -0.4 is 4.74 Å². The van der Waals surface area contributed by atoms with Gasteiger partial charge in [-0.05, 0) is 43.7 Å². The van der Waals surface area contributed by atoms with Crippen molar-refractivity contribution in [3.63, 3.8) is 0 Å². The number of aryl methyl sites for hydroxylation is 1. The number of hydrogen-bond donors (Lipinski definition) is 0. The first-order valence-electron chi connectivity index (χ1n) is 11.0. The van der Waals surface area contributed by atoms with Gasteiger partial charge < -0.3 is 9.47 Å². The van der Waals surface area contributed by atoms with Crippen LogP contribution in [0.25, 0.3) is 0 Å². The molecule has 2 aromatic rings. The molecule has 0 saturated heterocycles. The molecule has 1 saturated carbocycles. The summed E-state index contributed by atoms with van der Waals surface area (Å²) < 4.78 is 25.9. The van der Waals surface area contributed by atoms with Gasteiger partial charge in [0.25, 0.3) is 0 Å². The van der Waals surface area contributed by atoms with E-state index in [4.69, 9.17) is 9.47 Å². The minimum atomic E-state index is -1.15. The van der Waals surface area contributed by atoms with Crippen molar-refractivity contribution in [1.82, 2.24) is 0 Å². The van der Waals surface area contributed by atoms with Gasteiger partial charge in [-0.1, -0.05) is 70.4 Å². The lowest BCUT2D eigenvalue weighted by atomic mass is 9.86. The molecule has 1 atom stereocenters. The van der Waals surface area contributed by atoms with E-state index in [1.807, 2.05) is 31.2 Å². The third-order valence-corrected chi connectivity index (χ3v) is 8.32. The zero-order valence-electron chi connectivity index (χ0n) is 19.3. The van der Waals surface area contributed by atoms with Gasteiger partial charge in [0.15, 0.2) is 0 Å². The van der Waals surface area contributed by atoms with E-state index in [-0.39, 0.29) is 10.2 Å². The summed E-state index contributed by atoms with van der Waals surface area (Å²) in [5, 5.41) is 0. The molecule has 0 N–H and O–H groups in total. The van der Waals surface area contributed by atoms with Crippen LogP contribution in [-0.2, 0) is 27.6 Å². The average molecular weight is 429 g/mol. The van der Waals surface area contributed by atoms with Crippen LogP contribution in [0, 0.1) is 6.92 Å². The van der Waals surface area contributed by atoms with E-state index < -0.39 is 10.8 Å². The Morgan fingerprint density at radius 1 is 1.03 bits per heavy atom. The Kier molecular flexibility index (Phi) is 7.09. The van der Waals surface area contributed by atoms with Gasteiger partial charge in [0.2, 0.25) is 0 Å². The number of methoxy groups -OCH3 is 1. The Balaban J connectivity index is 2.14. The molecule has 164 valence electrons. The van der Waals surface area contributed by atoms with E-state index in [1.165, 1.54) is 6.42 Å². The summed E-state index contributed by atoms with van der Waals surface area (Å²) in [4.78, 5) is 0.831. The van der Waals surface area contributed by atoms with Crippen LogP contribution in [0.15, 0.2) is 41.3 Å². The Labute approximate surface area is 184 Å². The van der Waals surface area contributed by atoms with Crippen LogP contribution in [0.1, 0.15) is 76.5 Å². The second-order valence-electron chi connectivity index (χ2n) is 9.76. The minimum Gasteiger partial charge on any atom is -0.455 e. The molecule has 3 rings (SSSR count). The van der Waals surface area contributed by atoms with Crippen molar-refractivity contribution in [3.8, 4) is 11.5 Å². The lowest BCUT2D eigenvalue weighted by Gasteiger charge is -2.34. The predicted molar refractivity (Wildman–Crippen MR) is 125 cm³/mol. The van der Waals surface area contributed by atoms with Crippen molar-refractivity contribution in [2.75, 3.05) is 7.11 Å². The van der Waals surface area contributed by atoms with E-state index in [0.29, 0.717) is 12.4 Å². The third-order valence-electron chi connectivity index (χ3n) is 6.14. The van der Waals surface area contributed by atoms with Crippen molar-refractivity contribution in [2.45, 2.75) is 88.4 Å². The van der Waals surface area contributed by atoms with Gasteiger partial charge in [-0.2, -0.15) is 0 Å². The molecule has 4 heteroatoms. The molecule has 3 nitrogen and oxygen atoms in total. The molecule has 1 aliphatic rings. The van der Waals surface area contributed by atoms with Crippen molar-refractivity contribution in [2.24, 2.45) is 0 Å². The summed E-state index contributed by atoms with van der Waals surface area (Å²) >= 11 is 0. The highest BCUT2D eigenvalue weighted by Gasteiger charge is 2.37. The minimum absolute atomic E-state index is 0.0590. The Hall–Kier alpha value is -1.65. The third kappa shape index (κ3) is 4.81. The topological polar surface area (TPSA) is 35.5 Å². The molecule has 0 aliphatic heterocycles. The summed E-state index contributed by atoms with van der Waals surface area (Å²) in [6, 6.07) is 12.3. The summed E-state index contributed by atoms with van der Waals surface area (Å²) in [7, 11) is 0.532. The fraction of sp³-hybridized carbons (Fsp3) is 0.538. The fourth-order valence-corrected chi connectivity index (χ4v) is 6.18. The molecule has 1 aliphatic carbocycles. The normalized spacial score (nSPS) is 17.5. The zero-order valence-corrected chi connectivity index (χ0v) is 20.2. The van der Waals surface area contributed by atoms with Crippen LogP contribution in [0.3, 0.4) is 0 Å². The largest absolute Gasteiger partial charge is 0.455 e. The van der Waals surface area contributed by atoms with Gasteiger partial charge in [-0.15, -0.1) is 0 Å². The van der Waals surface area contributed by atoms with Gasteiger partial charge in [-0.3, -0.25) is 4.21 Å². The van der Waals surface area contributed by atoms with Crippen LogP contribution in [-0.4, -0.2) is 16.1 Å². The van der Waals surface area contributed by atoms with E-state index in [9.17, 15) is 4.21 Å². The SMILES string of the molecule is COCc1ccc(C)c(S(=O)C2(C)CCCCC2)c1Oc1ccccc1C(C)(C)C. The molecule has 2 aromatic carbocycles. The monoisotopic (exact) mass is 428 g/mol. The number of hydrogen-bond acceptors (Lipinski definition) is 3. The van der Waals surface area contributed by atoms with Crippen molar-refractivity contribution in [3.05, 3.63) is 53.1 Å². The van der Waals surface area contributed by atoms with Crippen LogP contribution in [0.2, 0.25) is 0 Å². The van der Waals surface area contributed by atoms with Crippen molar-refractivity contribution in [1.29, 1.82) is 0 Å². The Morgan fingerprint density at radius 3 is 2.33 bits per heavy atom. The number of rotatable bonds is 6. The highest BCUT2D eigenvalue weighted by molar-refractivity contribution is 7.86. The smallest absolute Gasteiger partial charge is 0.149 e. The molecule has 0 aromatic heterocycles. The standard InChI is InChI=1S/C26H36O3S/c1-19-14-15-20(18-28-6)23(24(19)30(27)26(5)16-10-7-11-17-26)29-22-13-9-8-12-21(22)25(2,3)4/h8-9,12-15H,7,10-11,16-18H2,1-6H3. The first kappa shape index (κ1) is 23.0. The molecular weight excluding hydrogens is 392 g/mol. The lowest BCUT2D eigenvalue weighted by molar-refractivity contribution is 0.182. The summed E-state index contributed by atoms with van der Waals surface area (Å²) in [6.07, 6.45) is 5.50.